The van der Waals surface area contributed by atoms with E-state index in [0.29, 0.717) is 57.3 Å². The number of likely N-dealkylation sites (N-methyl/N-ethyl adjacent to an activating group) is 1. The van der Waals surface area contributed by atoms with E-state index in [0.717, 1.165) is 0 Å². The van der Waals surface area contributed by atoms with E-state index in [1.54, 1.807) is 42.3 Å². The van der Waals surface area contributed by atoms with Gasteiger partial charge in [-0.25, -0.2) is 9.18 Å². The summed E-state index contributed by atoms with van der Waals surface area (Å²) in [6, 6.07) is 4.86. The molecule has 176 valence electrons. The van der Waals surface area contributed by atoms with Crippen LogP contribution in [0.4, 0.5) is 20.6 Å². The summed E-state index contributed by atoms with van der Waals surface area (Å²) in [7, 11) is 1.79. The van der Waals surface area contributed by atoms with Crippen molar-refractivity contribution in [3.05, 3.63) is 54.2 Å². The zero-order valence-electron chi connectivity index (χ0n) is 18.5. The topological polar surface area (TPSA) is 99.0 Å². The van der Waals surface area contributed by atoms with E-state index in [2.05, 4.69) is 10.3 Å². The molecule has 0 spiro atoms. The Bertz CT molecular complexity index is 1050. The summed E-state index contributed by atoms with van der Waals surface area (Å²) >= 11 is 0. The maximum atomic E-state index is 14.9. The second-order valence-corrected chi connectivity index (χ2v) is 7.78. The van der Waals surface area contributed by atoms with E-state index in [1.807, 2.05) is 16.0 Å². The summed E-state index contributed by atoms with van der Waals surface area (Å²) in [6.07, 6.45) is 7.67. The first-order valence-electron chi connectivity index (χ1n) is 10.8. The summed E-state index contributed by atoms with van der Waals surface area (Å²) in [6.45, 7) is 3.82. The molecule has 0 radical (unpaired) electrons. The number of hydrogen-bond acceptors (Lipinski definition) is 8. The maximum Gasteiger partial charge on any atom is 0.414 e. The minimum Gasteiger partial charge on any atom is -0.443 e. The number of cyclic esters (lactones) is 1. The molecule has 33 heavy (non-hydrogen) atoms. The van der Waals surface area contributed by atoms with Gasteiger partial charge in [0, 0.05) is 51.3 Å². The van der Waals surface area contributed by atoms with Crippen LogP contribution in [0, 0.1) is 11.2 Å². The minimum absolute atomic E-state index is 0.245. The van der Waals surface area contributed by atoms with Crippen LogP contribution in [0.2, 0.25) is 0 Å². The summed E-state index contributed by atoms with van der Waals surface area (Å²) in [5.74, 6) is -0.366. The number of rotatable bonds is 8. The molecule has 1 unspecified atom stereocenters. The van der Waals surface area contributed by atoms with Crippen LogP contribution in [0.15, 0.2) is 42.9 Å². The molecule has 10 nitrogen and oxygen atoms in total. The second-order valence-electron chi connectivity index (χ2n) is 7.78. The van der Waals surface area contributed by atoms with Gasteiger partial charge in [-0.15, -0.1) is 0 Å². The van der Waals surface area contributed by atoms with Gasteiger partial charge in [0.1, 0.15) is 17.4 Å². The zero-order chi connectivity index (χ0) is 23.2. The number of carbonyl (C=O) groups is 1. The number of ether oxygens (including phenoxy) is 1. The highest BCUT2D eigenvalue weighted by atomic mass is 19.1. The van der Waals surface area contributed by atoms with Crippen LogP contribution >= 0.6 is 0 Å². The van der Waals surface area contributed by atoms with E-state index in [9.17, 15) is 9.18 Å². The molecule has 4 rings (SSSR count). The maximum absolute atomic E-state index is 14.9. The third kappa shape index (κ3) is 5.56. The van der Waals surface area contributed by atoms with Gasteiger partial charge < -0.3 is 19.5 Å². The number of nitrogens with one attached hydrogen (secondary N) is 2. The predicted molar refractivity (Wildman–Crippen MR) is 121 cm³/mol. The molecule has 1 amide bonds. The fourth-order valence-electron chi connectivity index (χ4n) is 3.85. The largest absolute Gasteiger partial charge is 0.443 e. The van der Waals surface area contributed by atoms with Crippen LogP contribution in [-0.2, 0) is 9.57 Å². The Hall–Kier alpha value is -3.28. The molecule has 2 aliphatic rings. The number of hydrogen-bond donors (Lipinski definition) is 2. The standard InChI is InChI=1S/C22H28FN7O3/c1-25-14-18-16-30(22(31)33-18)17-3-4-20(19(23)13-17)27-8-10-29(11-9-27)32-12-2-6-28-7-5-26-15-21(28)24/h2-7,13,15,18,24-25H,8-12,14,16H2,1H3/b6-2+,24-21?. The van der Waals surface area contributed by atoms with E-state index in [-0.39, 0.29) is 17.4 Å². The average molecular weight is 458 g/mol. The molecule has 0 bridgehead atoms. The van der Waals surface area contributed by atoms with E-state index in [1.165, 1.54) is 17.2 Å². The van der Waals surface area contributed by atoms with Crippen molar-refractivity contribution in [3.63, 3.8) is 0 Å². The lowest BCUT2D eigenvalue weighted by Crippen LogP contribution is -2.46. The summed E-state index contributed by atoms with van der Waals surface area (Å²) in [5, 5.41) is 12.6. The monoisotopic (exact) mass is 457 g/mol. The molecule has 2 aliphatic heterocycles. The van der Waals surface area contributed by atoms with Crippen LogP contribution < -0.4 is 20.6 Å². The number of nitrogens with zero attached hydrogens (tertiary/aromatic N) is 5. The van der Waals surface area contributed by atoms with Gasteiger partial charge in [-0.3, -0.25) is 20.1 Å². The molecule has 1 aromatic heterocycles. The van der Waals surface area contributed by atoms with Gasteiger partial charge in [0.2, 0.25) is 0 Å². The quantitative estimate of drug-likeness (QED) is 0.616. The third-order valence-electron chi connectivity index (χ3n) is 5.54. The number of piperazine rings is 1. The first-order valence-corrected chi connectivity index (χ1v) is 10.8. The van der Waals surface area contributed by atoms with Crippen molar-refractivity contribution in [2.45, 2.75) is 6.10 Å². The number of carbonyl (C=O) groups excluding carboxylic acids is 1. The van der Waals surface area contributed by atoms with Crippen molar-refractivity contribution >= 4 is 23.7 Å². The molecule has 11 heteroatoms. The Morgan fingerprint density at radius 3 is 2.88 bits per heavy atom. The Kier molecular flexibility index (Phi) is 7.33. The van der Waals surface area contributed by atoms with Crippen molar-refractivity contribution in [3.8, 4) is 0 Å². The van der Waals surface area contributed by atoms with Gasteiger partial charge in [-0.05, 0) is 31.3 Å². The van der Waals surface area contributed by atoms with E-state index >= 15 is 0 Å². The number of aromatic nitrogens is 2. The lowest BCUT2D eigenvalue weighted by atomic mass is 10.2. The highest BCUT2D eigenvalue weighted by molar-refractivity contribution is 5.90. The summed E-state index contributed by atoms with van der Waals surface area (Å²) in [5.41, 5.74) is 1.29. The zero-order valence-corrected chi connectivity index (χ0v) is 18.5. The Morgan fingerprint density at radius 2 is 2.15 bits per heavy atom. The Morgan fingerprint density at radius 1 is 1.33 bits per heavy atom. The number of amides is 1. The fraction of sp³-hybridized carbons (Fsp3) is 0.409. The van der Waals surface area contributed by atoms with Crippen molar-refractivity contribution in [1.29, 1.82) is 5.41 Å². The summed E-state index contributed by atoms with van der Waals surface area (Å²) in [4.78, 5) is 25.2. The lowest BCUT2D eigenvalue weighted by Gasteiger charge is -2.35. The highest BCUT2D eigenvalue weighted by Crippen LogP contribution is 2.28. The number of anilines is 2. The van der Waals surface area contributed by atoms with Gasteiger partial charge in [-0.2, -0.15) is 5.06 Å². The molecular formula is C22H28FN7O3. The van der Waals surface area contributed by atoms with Crippen LogP contribution in [0.5, 0.6) is 0 Å². The molecule has 2 saturated heterocycles. The van der Waals surface area contributed by atoms with Crippen LogP contribution in [-0.4, -0.2) is 79.7 Å². The van der Waals surface area contributed by atoms with E-state index in [4.69, 9.17) is 15.0 Å². The Balaban J connectivity index is 1.28. The fourth-order valence-corrected chi connectivity index (χ4v) is 3.85. The Labute approximate surface area is 191 Å². The van der Waals surface area contributed by atoms with Crippen LogP contribution in [0.25, 0.3) is 6.20 Å². The molecule has 1 aromatic carbocycles. The molecule has 0 aliphatic carbocycles. The van der Waals surface area contributed by atoms with Gasteiger partial charge in [0.15, 0.2) is 0 Å². The minimum atomic E-state index is -0.455. The molecular weight excluding hydrogens is 429 g/mol. The van der Waals surface area contributed by atoms with Gasteiger partial charge in [-0.1, -0.05) is 0 Å². The lowest BCUT2D eigenvalue weighted by molar-refractivity contribution is -0.150. The van der Waals surface area contributed by atoms with Crippen LogP contribution in [0.1, 0.15) is 0 Å². The molecule has 0 saturated carbocycles. The van der Waals surface area contributed by atoms with Gasteiger partial charge >= 0.3 is 6.09 Å². The number of hydroxylamine groups is 2. The highest BCUT2D eigenvalue weighted by Gasteiger charge is 2.32. The van der Waals surface area contributed by atoms with Crippen molar-refractivity contribution in [2.24, 2.45) is 0 Å². The normalized spacial score (nSPS) is 19.5. The SMILES string of the molecule is CNCC1CN(c2ccc(N3CCN(OC/C=C/n4ccncc4=N)CC3)c(F)c2)C(=O)O1. The molecule has 2 N–H and O–H groups in total. The van der Waals surface area contributed by atoms with Crippen molar-refractivity contribution < 1.29 is 18.8 Å². The summed E-state index contributed by atoms with van der Waals surface area (Å²) < 4.78 is 21.8. The smallest absolute Gasteiger partial charge is 0.414 e. The second kappa shape index (κ2) is 10.6. The number of halogens is 1. The van der Waals surface area contributed by atoms with E-state index < -0.39 is 6.09 Å². The number of benzene rings is 1. The molecule has 3 heterocycles. The van der Waals surface area contributed by atoms with Gasteiger partial charge in [0.25, 0.3) is 0 Å². The predicted octanol–water partition coefficient (Wildman–Crippen LogP) is 1.27. The van der Waals surface area contributed by atoms with Crippen LogP contribution in [0.3, 0.4) is 0 Å². The molecule has 1 atom stereocenters. The first-order chi connectivity index (χ1) is 16.0. The van der Waals surface area contributed by atoms with Gasteiger partial charge in [0.05, 0.1) is 30.7 Å². The first kappa shape index (κ1) is 22.9. The molecule has 2 aromatic rings. The van der Waals surface area contributed by atoms with Crippen molar-refractivity contribution in [1.82, 2.24) is 19.9 Å². The van der Waals surface area contributed by atoms with Crippen molar-refractivity contribution in [2.75, 3.05) is 62.7 Å². The molecule has 2 fully saturated rings. The third-order valence-corrected chi connectivity index (χ3v) is 5.54. The average Bonchev–Trinajstić information content (AvgIpc) is 3.18.